The van der Waals surface area contributed by atoms with Crippen LogP contribution in [-0.4, -0.2) is 67.3 Å². The summed E-state index contributed by atoms with van der Waals surface area (Å²) in [6, 6.07) is 9.65. The number of ether oxygens (including phenoxy) is 3. The minimum absolute atomic E-state index is 0.163. The molecule has 14 heteroatoms. The number of nitrogens with one attached hydrogen (secondary N) is 2. The minimum atomic E-state index is -3.64. The van der Waals surface area contributed by atoms with Gasteiger partial charge >= 0.3 is 6.09 Å². The molecule has 1 fully saturated rings. The Hall–Kier alpha value is -4.10. The number of carbonyl (C=O) groups excluding carboxylic acids is 2. The SMILES string of the molecule is COc1c(NC(=O)c2ccc(Cl)c(Oc3ccnc(CC4CCN(C(=O)OC(C)(C)C)CC4)n3)c2)cc(C(C)(C)C)cc1NS(C)(=O)=O. The van der Waals surface area contributed by atoms with Gasteiger partial charge in [-0.2, -0.15) is 4.98 Å². The van der Waals surface area contributed by atoms with E-state index in [2.05, 4.69) is 20.0 Å². The lowest BCUT2D eigenvalue weighted by atomic mass is 9.86. The Morgan fingerprint density at radius 3 is 2.29 bits per heavy atom. The van der Waals surface area contributed by atoms with Gasteiger partial charge in [0.15, 0.2) is 5.75 Å². The van der Waals surface area contributed by atoms with Gasteiger partial charge in [-0.1, -0.05) is 32.4 Å². The zero-order chi connectivity index (χ0) is 35.4. The van der Waals surface area contributed by atoms with Gasteiger partial charge < -0.3 is 24.4 Å². The summed E-state index contributed by atoms with van der Waals surface area (Å²) < 4.78 is 43.7. The van der Waals surface area contributed by atoms with Crippen molar-refractivity contribution in [3.63, 3.8) is 0 Å². The van der Waals surface area contributed by atoms with Crippen LogP contribution in [0.2, 0.25) is 5.02 Å². The lowest BCUT2D eigenvalue weighted by molar-refractivity contribution is 0.0183. The average Bonchev–Trinajstić information content (AvgIpc) is 2.96. The Morgan fingerprint density at radius 1 is 1.02 bits per heavy atom. The highest BCUT2D eigenvalue weighted by atomic mass is 35.5. The van der Waals surface area contributed by atoms with Crippen molar-refractivity contribution >= 4 is 45.0 Å². The van der Waals surface area contributed by atoms with Gasteiger partial charge in [0, 0.05) is 37.3 Å². The molecule has 0 unspecified atom stereocenters. The summed E-state index contributed by atoms with van der Waals surface area (Å²) in [5, 5.41) is 3.12. The first-order valence-corrected chi connectivity index (χ1v) is 17.9. The summed E-state index contributed by atoms with van der Waals surface area (Å²) in [4.78, 5) is 36.6. The normalized spacial score (nSPS) is 14.3. The Morgan fingerprint density at radius 2 is 1.69 bits per heavy atom. The van der Waals surface area contributed by atoms with Crippen LogP contribution in [0.5, 0.6) is 17.4 Å². The Kier molecular flexibility index (Phi) is 11.1. The van der Waals surface area contributed by atoms with Gasteiger partial charge in [0.05, 0.1) is 29.8 Å². The molecular weight excluding hydrogens is 658 g/mol. The first kappa shape index (κ1) is 36.7. The van der Waals surface area contributed by atoms with Gasteiger partial charge in [-0.25, -0.2) is 18.2 Å². The molecule has 1 saturated heterocycles. The van der Waals surface area contributed by atoms with E-state index >= 15 is 0 Å². The summed E-state index contributed by atoms with van der Waals surface area (Å²) >= 11 is 6.46. The van der Waals surface area contributed by atoms with Crippen LogP contribution in [0, 0.1) is 5.92 Å². The minimum Gasteiger partial charge on any atom is -0.492 e. The summed E-state index contributed by atoms with van der Waals surface area (Å²) in [6.45, 7) is 12.7. The lowest BCUT2D eigenvalue weighted by Gasteiger charge is -2.33. The van der Waals surface area contributed by atoms with Crippen molar-refractivity contribution < 1.29 is 32.2 Å². The highest BCUT2D eigenvalue weighted by Crippen LogP contribution is 2.39. The number of hydrogen-bond acceptors (Lipinski definition) is 9. The second kappa shape index (κ2) is 14.6. The second-order valence-corrected chi connectivity index (χ2v) is 16.0. The third kappa shape index (κ3) is 10.2. The number of anilines is 2. The number of carbonyl (C=O) groups is 2. The standard InChI is InChI=1S/C34H44ClN5O7S/c1-33(2,3)23-19-25(30(45-7)26(20-23)39-48(8,43)44)37-31(41)22-9-10-24(35)27(18-22)46-29-11-14-36-28(38-29)17-21-12-15-40(16-13-21)32(42)47-34(4,5)6/h9-11,14,18-21,39H,12-13,15-17H2,1-8H3,(H,37,41). The van der Waals surface area contributed by atoms with Crippen LogP contribution in [0.25, 0.3) is 0 Å². The molecule has 0 radical (unpaired) electrons. The monoisotopic (exact) mass is 701 g/mol. The van der Waals surface area contributed by atoms with Crippen molar-refractivity contribution in [1.82, 2.24) is 14.9 Å². The summed E-state index contributed by atoms with van der Waals surface area (Å²) in [6.07, 6.45) is 4.56. The van der Waals surface area contributed by atoms with E-state index in [0.717, 1.165) is 24.7 Å². The van der Waals surface area contributed by atoms with Crippen molar-refractivity contribution in [3.8, 4) is 17.4 Å². The van der Waals surface area contributed by atoms with Gasteiger partial charge in [-0.15, -0.1) is 0 Å². The first-order valence-electron chi connectivity index (χ1n) is 15.6. The molecule has 2 heterocycles. The molecular formula is C34H44ClN5O7S. The third-order valence-corrected chi connectivity index (χ3v) is 8.43. The molecule has 0 aliphatic carbocycles. The summed E-state index contributed by atoms with van der Waals surface area (Å²) in [5.74, 6) is 1.04. The fraction of sp³-hybridized carbons (Fsp3) is 0.471. The number of likely N-dealkylation sites (tertiary alicyclic amines) is 1. The molecule has 260 valence electrons. The molecule has 0 bridgehead atoms. The second-order valence-electron chi connectivity index (χ2n) is 13.9. The van der Waals surface area contributed by atoms with Crippen LogP contribution in [0.3, 0.4) is 0 Å². The van der Waals surface area contributed by atoms with Crippen LogP contribution in [0.1, 0.15) is 76.1 Å². The topological polar surface area (TPSA) is 149 Å². The number of sulfonamides is 1. The van der Waals surface area contributed by atoms with Gasteiger partial charge in [0.25, 0.3) is 5.91 Å². The maximum Gasteiger partial charge on any atom is 0.410 e. The largest absolute Gasteiger partial charge is 0.492 e. The van der Waals surface area contributed by atoms with Crippen LogP contribution in [-0.2, 0) is 26.6 Å². The van der Waals surface area contributed by atoms with Gasteiger partial charge in [0.1, 0.15) is 17.2 Å². The molecule has 1 aliphatic heterocycles. The van der Waals surface area contributed by atoms with Crippen molar-refractivity contribution in [1.29, 1.82) is 0 Å². The number of hydrogen-bond donors (Lipinski definition) is 2. The fourth-order valence-electron chi connectivity index (χ4n) is 5.12. The van der Waals surface area contributed by atoms with E-state index in [1.807, 2.05) is 41.5 Å². The van der Waals surface area contributed by atoms with E-state index < -0.39 is 21.5 Å². The summed E-state index contributed by atoms with van der Waals surface area (Å²) in [5.41, 5.74) is 0.601. The molecule has 12 nitrogen and oxygen atoms in total. The Labute approximate surface area is 287 Å². The number of rotatable bonds is 9. The predicted octanol–water partition coefficient (Wildman–Crippen LogP) is 7.04. The summed E-state index contributed by atoms with van der Waals surface area (Å²) in [7, 11) is -2.24. The van der Waals surface area contributed by atoms with E-state index in [0.29, 0.717) is 25.3 Å². The maximum absolute atomic E-state index is 13.5. The Bertz CT molecular complexity index is 1760. The molecule has 0 saturated carbocycles. The molecule has 2 amide bonds. The number of aromatic nitrogens is 2. The van der Waals surface area contributed by atoms with E-state index in [-0.39, 0.29) is 56.8 Å². The van der Waals surface area contributed by atoms with Gasteiger partial charge in [-0.05, 0) is 80.8 Å². The van der Waals surface area contributed by atoms with E-state index in [1.54, 1.807) is 41.4 Å². The number of methoxy groups -OCH3 is 1. The zero-order valence-electron chi connectivity index (χ0n) is 28.6. The molecule has 48 heavy (non-hydrogen) atoms. The Balaban J connectivity index is 1.48. The quantitative estimate of drug-likeness (QED) is 0.240. The van der Waals surface area contributed by atoms with Crippen molar-refractivity contribution in [2.45, 2.75) is 71.8 Å². The highest BCUT2D eigenvalue weighted by molar-refractivity contribution is 7.92. The fourth-order valence-corrected chi connectivity index (χ4v) is 5.83. The van der Waals surface area contributed by atoms with Crippen LogP contribution >= 0.6 is 11.6 Å². The molecule has 0 atom stereocenters. The van der Waals surface area contributed by atoms with E-state index in [9.17, 15) is 18.0 Å². The van der Waals surface area contributed by atoms with Crippen LogP contribution in [0.4, 0.5) is 16.2 Å². The van der Waals surface area contributed by atoms with Gasteiger partial charge in [-0.3, -0.25) is 9.52 Å². The number of halogens is 1. The number of nitrogens with zero attached hydrogens (tertiary/aromatic N) is 3. The number of amides is 2. The number of piperidine rings is 1. The van der Waals surface area contributed by atoms with E-state index in [4.69, 9.17) is 25.8 Å². The van der Waals surface area contributed by atoms with Crippen molar-refractivity contribution in [3.05, 3.63) is 64.6 Å². The smallest absolute Gasteiger partial charge is 0.410 e. The third-order valence-electron chi connectivity index (χ3n) is 7.53. The average molecular weight is 702 g/mol. The molecule has 3 aromatic rings. The van der Waals surface area contributed by atoms with Crippen LogP contribution < -0.4 is 19.5 Å². The van der Waals surface area contributed by atoms with E-state index in [1.165, 1.54) is 13.2 Å². The highest BCUT2D eigenvalue weighted by Gasteiger charge is 2.28. The lowest BCUT2D eigenvalue weighted by Crippen LogP contribution is -2.42. The maximum atomic E-state index is 13.5. The molecule has 4 rings (SSSR count). The van der Waals surface area contributed by atoms with Gasteiger partial charge in [0.2, 0.25) is 15.9 Å². The molecule has 0 spiro atoms. The predicted molar refractivity (Wildman–Crippen MR) is 186 cm³/mol. The molecule has 2 aromatic carbocycles. The zero-order valence-corrected chi connectivity index (χ0v) is 30.2. The number of benzene rings is 2. The molecule has 2 N–H and O–H groups in total. The molecule has 1 aromatic heterocycles. The van der Waals surface area contributed by atoms with Crippen molar-refractivity contribution in [2.24, 2.45) is 5.92 Å². The van der Waals surface area contributed by atoms with Crippen molar-refractivity contribution in [2.75, 3.05) is 36.5 Å². The first-order chi connectivity index (χ1) is 22.3. The molecule has 1 aliphatic rings. The van der Waals surface area contributed by atoms with Crippen LogP contribution in [0.15, 0.2) is 42.6 Å².